The number of oxazole rings is 1. The van der Waals surface area contributed by atoms with Crippen LogP contribution in [0.2, 0.25) is 0 Å². The Labute approximate surface area is 166 Å². The molecule has 0 atom stereocenters. The first-order valence-electron chi connectivity index (χ1n) is 10.0. The van der Waals surface area contributed by atoms with Gasteiger partial charge in [-0.2, -0.15) is 0 Å². The van der Waals surface area contributed by atoms with E-state index in [1.807, 2.05) is 42.3 Å². The molecule has 0 radical (unpaired) electrons. The van der Waals surface area contributed by atoms with Gasteiger partial charge in [0.05, 0.1) is 12.1 Å². The first-order chi connectivity index (χ1) is 13.7. The molecule has 1 fully saturated rings. The minimum Gasteiger partial charge on any atom is -0.444 e. The Morgan fingerprint density at radius 1 is 1.00 bits per heavy atom. The van der Waals surface area contributed by atoms with Gasteiger partial charge in [0.25, 0.3) is 0 Å². The average molecular weight is 374 g/mol. The fraction of sp³-hybridized carbons (Fsp3) is 0.333. The summed E-state index contributed by atoms with van der Waals surface area (Å²) in [7, 11) is 1.92. The normalized spacial score (nSPS) is 19.3. The highest BCUT2D eigenvalue weighted by molar-refractivity contribution is 5.78. The van der Waals surface area contributed by atoms with Gasteiger partial charge in [0.1, 0.15) is 6.26 Å². The molecule has 144 valence electrons. The van der Waals surface area contributed by atoms with E-state index in [-0.39, 0.29) is 12.3 Å². The predicted molar refractivity (Wildman–Crippen MR) is 110 cm³/mol. The molecule has 1 amide bonds. The molecule has 3 aromatic rings. The molecule has 0 saturated heterocycles. The zero-order valence-corrected chi connectivity index (χ0v) is 16.3. The molecule has 0 unspecified atom stereocenters. The van der Waals surface area contributed by atoms with Crippen LogP contribution in [0.5, 0.6) is 0 Å². The van der Waals surface area contributed by atoms with Crippen LogP contribution in [0.25, 0.3) is 11.5 Å². The summed E-state index contributed by atoms with van der Waals surface area (Å²) in [5.41, 5.74) is 3.04. The minimum atomic E-state index is 0.107. The van der Waals surface area contributed by atoms with Crippen molar-refractivity contribution in [1.82, 2.24) is 9.88 Å². The fourth-order valence-electron chi connectivity index (χ4n) is 4.11. The van der Waals surface area contributed by atoms with E-state index in [2.05, 4.69) is 35.3 Å². The monoisotopic (exact) mass is 374 g/mol. The molecule has 28 heavy (non-hydrogen) atoms. The number of hydrogen-bond donors (Lipinski definition) is 0. The van der Waals surface area contributed by atoms with Crippen LogP contribution in [0, 0.1) is 0 Å². The van der Waals surface area contributed by atoms with E-state index in [1.165, 1.54) is 5.56 Å². The second-order valence-electron chi connectivity index (χ2n) is 7.61. The van der Waals surface area contributed by atoms with E-state index >= 15 is 0 Å². The number of carbonyl (C=O) groups is 1. The van der Waals surface area contributed by atoms with Crippen molar-refractivity contribution < 1.29 is 9.21 Å². The standard InChI is InChI=1S/C24H26N2O2/c1-26(22-14-12-19(13-15-22)18-8-4-2-5-9-18)23(27)16-21-17-28-24(25-21)20-10-6-3-7-11-20/h2-11,17,19,22H,12-16H2,1H3. The van der Waals surface area contributed by atoms with Crippen LogP contribution in [0.3, 0.4) is 0 Å². The van der Waals surface area contributed by atoms with Crippen LogP contribution in [-0.2, 0) is 11.2 Å². The Kier molecular flexibility index (Phi) is 5.56. The summed E-state index contributed by atoms with van der Waals surface area (Å²) in [5.74, 6) is 1.29. The maximum absolute atomic E-state index is 12.8. The SMILES string of the molecule is CN(C(=O)Cc1coc(-c2ccccc2)n1)C1CCC(c2ccccc2)CC1. The van der Waals surface area contributed by atoms with E-state index in [0.29, 0.717) is 23.5 Å². The molecule has 2 aromatic carbocycles. The number of likely N-dealkylation sites (N-methyl/N-ethyl adjacent to an activating group) is 1. The van der Waals surface area contributed by atoms with E-state index in [4.69, 9.17) is 4.42 Å². The van der Waals surface area contributed by atoms with Gasteiger partial charge in [-0.1, -0.05) is 48.5 Å². The number of amides is 1. The number of benzene rings is 2. The number of nitrogens with zero attached hydrogens (tertiary/aromatic N) is 2. The van der Waals surface area contributed by atoms with Crippen LogP contribution >= 0.6 is 0 Å². The summed E-state index contributed by atoms with van der Waals surface area (Å²) in [6, 6.07) is 20.8. The summed E-state index contributed by atoms with van der Waals surface area (Å²) < 4.78 is 5.56. The number of hydrogen-bond acceptors (Lipinski definition) is 3. The lowest BCUT2D eigenvalue weighted by atomic mass is 9.81. The van der Waals surface area contributed by atoms with E-state index in [9.17, 15) is 4.79 Å². The van der Waals surface area contributed by atoms with Crippen LogP contribution in [0.1, 0.15) is 42.9 Å². The van der Waals surface area contributed by atoms with Crippen molar-refractivity contribution in [1.29, 1.82) is 0 Å². The third kappa shape index (κ3) is 4.16. The summed E-state index contributed by atoms with van der Waals surface area (Å²) in [6.45, 7) is 0. The van der Waals surface area contributed by atoms with Crippen molar-refractivity contribution in [3.63, 3.8) is 0 Å². The first-order valence-corrected chi connectivity index (χ1v) is 10.0. The van der Waals surface area contributed by atoms with Gasteiger partial charge in [-0.05, 0) is 49.3 Å². The predicted octanol–water partition coefficient (Wildman–Crippen LogP) is 5.07. The second kappa shape index (κ2) is 8.42. The molecule has 0 N–H and O–H groups in total. The Morgan fingerprint density at radius 3 is 2.32 bits per heavy atom. The molecule has 1 heterocycles. The van der Waals surface area contributed by atoms with Crippen molar-refractivity contribution in [2.45, 2.75) is 44.1 Å². The van der Waals surface area contributed by atoms with E-state index < -0.39 is 0 Å². The smallest absolute Gasteiger partial charge is 0.228 e. The highest BCUT2D eigenvalue weighted by Crippen LogP contribution is 2.34. The third-order valence-electron chi connectivity index (χ3n) is 5.81. The zero-order chi connectivity index (χ0) is 19.3. The van der Waals surface area contributed by atoms with Crippen molar-refractivity contribution in [3.05, 3.63) is 78.2 Å². The lowest BCUT2D eigenvalue weighted by Crippen LogP contribution is -2.40. The Hall–Kier alpha value is -2.88. The van der Waals surface area contributed by atoms with E-state index in [0.717, 1.165) is 31.2 Å². The molecule has 1 aliphatic carbocycles. The largest absolute Gasteiger partial charge is 0.444 e. The summed E-state index contributed by atoms with van der Waals surface area (Å²) in [5, 5.41) is 0. The van der Waals surface area contributed by atoms with Crippen molar-refractivity contribution in [3.8, 4) is 11.5 Å². The Morgan fingerprint density at radius 2 is 1.64 bits per heavy atom. The van der Waals surface area contributed by atoms with Crippen molar-refractivity contribution in [2.75, 3.05) is 7.05 Å². The Balaban J connectivity index is 1.32. The van der Waals surface area contributed by atoms with Gasteiger partial charge in [-0.3, -0.25) is 4.79 Å². The number of aromatic nitrogens is 1. The highest BCUT2D eigenvalue weighted by Gasteiger charge is 2.27. The van der Waals surface area contributed by atoms with Crippen LogP contribution in [0.4, 0.5) is 0 Å². The molecule has 0 spiro atoms. The third-order valence-corrected chi connectivity index (χ3v) is 5.81. The first kappa shape index (κ1) is 18.5. The summed E-state index contributed by atoms with van der Waals surface area (Å²) >= 11 is 0. The molecule has 1 saturated carbocycles. The summed E-state index contributed by atoms with van der Waals surface area (Å²) in [4.78, 5) is 19.2. The van der Waals surface area contributed by atoms with Gasteiger partial charge in [-0.25, -0.2) is 4.98 Å². The molecule has 1 aliphatic rings. The maximum atomic E-state index is 12.8. The fourth-order valence-corrected chi connectivity index (χ4v) is 4.11. The quantitative estimate of drug-likeness (QED) is 0.626. The van der Waals surface area contributed by atoms with Gasteiger partial charge in [0, 0.05) is 18.7 Å². The van der Waals surface area contributed by atoms with Gasteiger partial charge in [-0.15, -0.1) is 0 Å². The highest BCUT2D eigenvalue weighted by atomic mass is 16.3. The Bertz CT molecular complexity index is 897. The average Bonchev–Trinajstić information content (AvgIpc) is 3.23. The van der Waals surface area contributed by atoms with Crippen LogP contribution in [-0.4, -0.2) is 28.9 Å². The zero-order valence-electron chi connectivity index (χ0n) is 16.3. The van der Waals surface area contributed by atoms with Crippen molar-refractivity contribution >= 4 is 5.91 Å². The van der Waals surface area contributed by atoms with Gasteiger partial charge >= 0.3 is 0 Å². The molecule has 4 nitrogen and oxygen atoms in total. The molecule has 0 bridgehead atoms. The lowest BCUT2D eigenvalue weighted by Gasteiger charge is -2.35. The summed E-state index contributed by atoms with van der Waals surface area (Å²) in [6.07, 6.45) is 6.25. The molecule has 4 rings (SSSR count). The number of carbonyl (C=O) groups excluding carboxylic acids is 1. The van der Waals surface area contributed by atoms with Crippen LogP contribution in [0.15, 0.2) is 71.3 Å². The molecule has 1 aromatic heterocycles. The minimum absolute atomic E-state index is 0.107. The molecular weight excluding hydrogens is 348 g/mol. The van der Waals surface area contributed by atoms with E-state index in [1.54, 1.807) is 6.26 Å². The van der Waals surface area contributed by atoms with Gasteiger partial charge in [0.2, 0.25) is 11.8 Å². The number of rotatable bonds is 5. The lowest BCUT2D eigenvalue weighted by molar-refractivity contribution is -0.131. The van der Waals surface area contributed by atoms with Crippen molar-refractivity contribution in [2.24, 2.45) is 0 Å². The molecular formula is C24H26N2O2. The van der Waals surface area contributed by atoms with Crippen LogP contribution < -0.4 is 0 Å². The topological polar surface area (TPSA) is 46.3 Å². The van der Waals surface area contributed by atoms with Gasteiger partial charge in [0.15, 0.2) is 0 Å². The molecule has 0 aliphatic heterocycles. The second-order valence-corrected chi connectivity index (χ2v) is 7.61. The molecule has 4 heteroatoms. The van der Waals surface area contributed by atoms with Gasteiger partial charge < -0.3 is 9.32 Å². The maximum Gasteiger partial charge on any atom is 0.228 e.